The molecule has 2 aromatic carbocycles. The number of nitrogen functional groups attached to an aromatic ring is 1. The van der Waals surface area contributed by atoms with Crippen molar-refractivity contribution in [1.82, 2.24) is 0 Å². The van der Waals surface area contributed by atoms with Gasteiger partial charge in [-0.15, -0.1) is 0 Å². The number of para-hydroxylation sites is 1. The fraction of sp³-hybridized carbons (Fsp3) is 0.143. The van der Waals surface area contributed by atoms with Crippen LogP contribution in [0.4, 0.5) is 15.8 Å². The summed E-state index contributed by atoms with van der Waals surface area (Å²) in [6.45, 7) is 0. The summed E-state index contributed by atoms with van der Waals surface area (Å²) in [6.07, 6.45) is 0. The number of halogens is 1. The van der Waals surface area contributed by atoms with Gasteiger partial charge in [-0.25, -0.2) is 4.39 Å². The standard InChI is InChI=1S/C14H15FN2O/c1-17(2)10-5-3-6-11(9-10)18-13-8-4-7-12(15)14(13)16/h3-9H,16H2,1-2H3. The van der Waals surface area contributed by atoms with Crippen molar-refractivity contribution >= 4 is 11.4 Å². The van der Waals surface area contributed by atoms with Gasteiger partial charge in [-0.3, -0.25) is 0 Å². The lowest BCUT2D eigenvalue weighted by Gasteiger charge is -2.14. The zero-order valence-corrected chi connectivity index (χ0v) is 10.4. The molecule has 4 heteroatoms. The van der Waals surface area contributed by atoms with Crippen LogP contribution in [0.2, 0.25) is 0 Å². The fourth-order valence-corrected chi connectivity index (χ4v) is 1.56. The van der Waals surface area contributed by atoms with Crippen molar-refractivity contribution < 1.29 is 9.13 Å². The van der Waals surface area contributed by atoms with Crippen molar-refractivity contribution in [2.24, 2.45) is 0 Å². The van der Waals surface area contributed by atoms with E-state index in [2.05, 4.69) is 0 Å². The van der Waals surface area contributed by atoms with Crippen LogP contribution < -0.4 is 15.4 Å². The molecule has 0 aliphatic rings. The second-order valence-corrected chi connectivity index (χ2v) is 4.15. The van der Waals surface area contributed by atoms with Gasteiger partial charge >= 0.3 is 0 Å². The van der Waals surface area contributed by atoms with E-state index in [1.165, 1.54) is 6.07 Å². The van der Waals surface area contributed by atoms with Gasteiger partial charge in [-0.2, -0.15) is 0 Å². The molecule has 94 valence electrons. The minimum absolute atomic E-state index is 0.0211. The van der Waals surface area contributed by atoms with Crippen LogP contribution in [0, 0.1) is 5.82 Å². The van der Waals surface area contributed by atoms with Gasteiger partial charge in [0.2, 0.25) is 0 Å². The molecule has 0 saturated heterocycles. The Kier molecular flexibility index (Phi) is 3.37. The van der Waals surface area contributed by atoms with Crippen molar-refractivity contribution in [3.05, 3.63) is 48.3 Å². The van der Waals surface area contributed by atoms with Gasteiger partial charge in [0.25, 0.3) is 0 Å². The van der Waals surface area contributed by atoms with Crippen LogP contribution >= 0.6 is 0 Å². The minimum Gasteiger partial charge on any atom is -0.455 e. The van der Waals surface area contributed by atoms with E-state index in [0.717, 1.165) is 5.69 Å². The van der Waals surface area contributed by atoms with E-state index in [1.807, 2.05) is 37.2 Å². The normalized spacial score (nSPS) is 10.2. The minimum atomic E-state index is -0.476. The van der Waals surface area contributed by atoms with Crippen LogP contribution in [0.1, 0.15) is 0 Å². The number of benzene rings is 2. The Hall–Kier alpha value is -2.23. The van der Waals surface area contributed by atoms with Gasteiger partial charge in [0.15, 0.2) is 5.75 Å². The third-order valence-corrected chi connectivity index (χ3v) is 2.57. The largest absolute Gasteiger partial charge is 0.455 e. The molecule has 0 radical (unpaired) electrons. The number of nitrogens with two attached hydrogens (primary N) is 1. The second-order valence-electron chi connectivity index (χ2n) is 4.15. The maximum absolute atomic E-state index is 13.3. The van der Waals surface area contributed by atoms with Crippen molar-refractivity contribution in [1.29, 1.82) is 0 Å². The fourth-order valence-electron chi connectivity index (χ4n) is 1.56. The molecule has 0 heterocycles. The van der Waals surface area contributed by atoms with Crippen LogP contribution in [0.3, 0.4) is 0 Å². The van der Waals surface area contributed by atoms with E-state index in [0.29, 0.717) is 11.5 Å². The molecule has 0 aliphatic heterocycles. The first-order chi connectivity index (χ1) is 8.58. The van der Waals surface area contributed by atoms with Gasteiger partial charge in [0, 0.05) is 25.8 Å². The van der Waals surface area contributed by atoms with Crippen molar-refractivity contribution in [3.8, 4) is 11.5 Å². The zero-order valence-electron chi connectivity index (χ0n) is 10.4. The third-order valence-electron chi connectivity index (χ3n) is 2.57. The van der Waals surface area contributed by atoms with E-state index in [-0.39, 0.29) is 5.69 Å². The molecule has 0 aromatic heterocycles. The second kappa shape index (κ2) is 4.96. The van der Waals surface area contributed by atoms with Gasteiger partial charge in [0.05, 0.1) is 0 Å². The number of hydrogen-bond donors (Lipinski definition) is 1. The zero-order chi connectivity index (χ0) is 13.1. The Morgan fingerprint density at radius 3 is 2.56 bits per heavy atom. The molecule has 0 saturated carbocycles. The smallest absolute Gasteiger partial charge is 0.153 e. The Balaban J connectivity index is 2.28. The first-order valence-electron chi connectivity index (χ1n) is 5.57. The van der Waals surface area contributed by atoms with E-state index in [4.69, 9.17) is 10.5 Å². The van der Waals surface area contributed by atoms with Crippen LogP contribution in [0.25, 0.3) is 0 Å². The van der Waals surface area contributed by atoms with Crippen molar-refractivity contribution in [3.63, 3.8) is 0 Å². The highest BCUT2D eigenvalue weighted by atomic mass is 19.1. The summed E-state index contributed by atoms with van der Waals surface area (Å²) in [5.74, 6) is 0.473. The van der Waals surface area contributed by atoms with Crippen molar-refractivity contribution in [2.75, 3.05) is 24.7 Å². The Morgan fingerprint density at radius 1 is 1.11 bits per heavy atom. The highest BCUT2D eigenvalue weighted by Crippen LogP contribution is 2.30. The predicted molar refractivity (Wildman–Crippen MR) is 71.7 cm³/mol. The average Bonchev–Trinajstić information content (AvgIpc) is 2.35. The Morgan fingerprint density at radius 2 is 1.83 bits per heavy atom. The molecule has 0 spiro atoms. The summed E-state index contributed by atoms with van der Waals surface area (Å²) in [5.41, 5.74) is 6.64. The van der Waals surface area contributed by atoms with Crippen LogP contribution in [0.5, 0.6) is 11.5 Å². The van der Waals surface area contributed by atoms with E-state index in [9.17, 15) is 4.39 Å². The first-order valence-corrected chi connectivity index (χ1v) is 5.57. The topological polar surface area (TPSA) is 38.5 Å². The molecular formula is C14H15FN2O. The summed E-state index contributed by atoms with van der Waals surface area (Å²) < 4.78 is 18.9. The number of nitrogens with zero attached hydrogens (tertiary/aromatic N) is 1. The lowest BCUT2D eigenvalue weighted by molar-refractivity contribution is 0.480. The average molecular weight is 246 g/mol. The van der Waals surface area contributed by atoms with Crippen LogP contribution in [-0.2, 0) is 0 Å². The van der Waals surface area contributed by atoms with Crippen LogP contribution in [0.15, 0.2) is 42.5 Å². The molecule has 0 amide bonds. The molecule has 2 N–H and O–H groups in total. The maximum atomic E-state index is 13.3. The summed E-state index contributed by atoms with van der Waals surface area (Å²) in [7, 11) is 3.88. The first kappa shape index (κ1) is 12.2. The van der Waals surface area contributed by atoms with Crippen LogP contribution in [-0.4, -0.2) is 14.1 Å². The molecule has 0 fully saturated rings. The lowest BCUT2D eigenvalue weighted by Crippen LogP contribution is -2.08. The van der Waals surface area contributed by atoms with Gasteiger partial charge < -0.3 is 15.4 Å². The summed E-state index contributed by atoms with van der Waals surface area (Å²) in [5, 5.41) is 0. The number of hydrogen-bond acceptors (Lipinski definition) is 3. The van der Waals surface area contributed by atoms with E-state index in [1.54, 1.807) is 18.2 Å². The molecule has 2 rings (SSSR count). The van der Waals surface area contributed by atoms with Gasteiger partial charge in [-0.1, -0.05) is 12.1 Å². The molecule has 0 bridgehead atoms. The highest BCUT2D eigenvalue weighted by molar-refractivity contribution is 5.56. The monoisotopic (exact) mass is 246 g/mol. The Bertz CT molecular complexity index is 555. The lowest BCUT2D eigenvalue weighted by atomic mass is 10.2. The van der Waals surface area contributed by atoms with Gasteiger partial charge in [0.1, 0.15) is 17.3 Å². The van der Waals surface area contributed by atoms with E-state index >= 15 is 0 Å². The third kappa shape index (κ3) is 2.53. The molecule has 3 nitrogen and oxygen atoms in total. The predicted octanol–water partition coefficient (Wildman–Crippen LogP) is 3.27. The quantitative estimate of drug-likeness (QED) is 0.845. The number of rotatable bonds is 3. The SMILES string of the molecule is CN(C)c1cccc(Oc2cccc(F)c2N)c1. The number of ether oxygens (including phenoxy) is 1. The molecule has 18 heavy (non-hydrogen) atoms. The highest BCUT2D eigenvalue weighted by Gasteiger charge is 2.07. The molecule has 0 aliphatic carbocycles. The molecule has 2 aromatic rings. The molecule has 0 atom stereocenters. The van der Waals surface area contributed by atoms with E-state index < -0.39 is 5.82 Å². The summed E-state index contributed by atoms with van der Waals surface area (Å²) >= 11 is 0. The summed E-state index contributed by atoms with van der Waals surface area (Å²) in [6, 6.07) is 12.0. The molecular weight excluding hydrogens is 231 g/mol. The maximum Gasteiger partial charge on any atom is 0.153 e. The number of anilines is 2. The van der Waals surface area contributed by atoms with Crippen molar-refractivity contribution in [2.45, 2.75) is 0 Å². The van der Waals surface area contributed by atoms with Gasteiger partial charge in [-0.05, 0) is 24.3 Å². The molecule has 0 unspecified atom stereocenters. The Labute approximate surface area is 106 Å². The summed E-state index contributed by atoms with van der Waals surface area (Å²) in [4.78, 5) is 1.96.